The second-order valence-corrected chi connectivity index (χ2v) is 5.41. The molecule has 1 heteroatoms. The van der Waals surface area contributed by atoms with Crippen molar-refractivity contribution in [3.63, 3.8) is 0 Å². The molecule has 0 saturated carbocycles. The van der Waals surface area contributed by atoms with Gasteiger partial charge in [-0.3, -0.25) is 0 Å². The van der Waals surface area contributed by atoms with Gasteiger partial charge in [-0.15, -0.1) is 0 Å². The predicted octanol–water partition coefficient (Wildman–Crippen LogP) is 5.32. The summed E-state index contributed by atoms with van der Waals surface area (Å²) in [7, 11) is 1.91. The third-order valence-corrected chi connectivity index (χ3v) is 3.01. The Kier molecular flexibility index (Phi) is 10.7. The third-order valence-electron chi connectivity index (χ3n) is 3.01. The molecule has 106 valence electrons. The van der Waals surface area contributed by atoms with Crippen molar-refractivity contribution in [2.24, 2.45) is 11.3 Å². The Balaban J connectivity index is 0. The fraction of sp³-hybridized carbons (Fsp3) is 0.647. The van der Waals surface area contributed by atoms with E-state index >= 15 is 0 Å². The lowest BCUT2D eigenvalue weighted by Gasteiger charge is -2.27. The quantitative estimate of drug-likeness (QED) is 0.630. The summed E-state index contributed by atoms with van der Waals surface area (Å²) in [4.78, 5) is 0. The summed E-state index contributed by atoms with van der Waals surface area (Å²) in [5.41, 5.74) is 2.74. The molecule has 0 aliphatic heterocycles. The van der Waals surface area contributed by atoms with Crippen molar-refractivity contribution >= 4 is 0 Å². The second kappa shape index (κ2) is 9.99. The van der Waals surface area contributed by atoms with Crippen molar-refractivity contribution in [3.8, 4) is 0 Å². The lowest BCUT2D eigenvalue weighted by molar-refractivity contribution is 0.344. The Labute approximate surface area is 115 Å². The maximum atomic E-state index is 3.76. The third kappa shape index (κ3) is 8.16. The molecular weight excluding hydrogens is 218 g/mol. The van der Waals surface area contributed by atoms with Gasteiger partial charge in [0.25, 0.3) is 0 Å². The number of likely N-dealkylation sites (N-methyl/N-ethyl adjacent to an activating group) is 1. The Hall–Kier alpha value is -0.980. The molecule has 0 aliphatic rings. The minimum atomic E-state index is 0.269. The summed E-state index contributed by atoms with van der Waals surface area (Å²) in [6.45, 7) is 19.1. The van der Waals surface area contributed by atoms with E-state index in [1.807, 2.05) is 27.0 Å². The molecule has 0 spiro atoms. The van der Waals surface area contributed by atoms with Crippen LogP contribution in [0.4, 0.5) is 0 Å². The van der Waals surface area contributed by atoms with Crippen molar-refractivity contribution in [3.05, 3.63) is 36.1 Å². The van der Waals surface area contributed by atoms with E-state index in [1.54, 1.807) is 0 Å². The van der Waals surface area contributed by atoms with Crippen LogP contribution >= 0.6 is 0 Å². The Bertz CT molecular complexity index is 280. The average molecular weight is 251 g/mol. The Morgan fingerprint density at radius 2 is 1.72 bits per heavy atom. The molecule has 1 nitrogen and oxygen atoms in total. The summed E-state index contributed by atoms with van der Waals surface area (Å²) in [6.07, 6.45) is 7.33. The monoisotopic (exact) mass is 251 g/mol. The van der Waals surface area contributed by atoms with Crippen LogP contribution in [0.25, 0.3) is 0 Å². The number of rotatable bonds is 6. The maximum absolute atomic E-state index is 3.76. The maximum Gasteiger partial charge on any atom is 0.0331 e. The van der Waals surface area contributed by atoms with Crippen LogP contribution in [0.5, 0.6) is 0 Å². The van der Waals surface area contributed by atoms with Gasteiger partial charge in [0.1, 0.15) is 0 Å². The summed E-state index contributed by atoms with van der Waals surface area (Å²) in [5.74, 6) is 0.727. The largest absolute Gasteiger partial charge is 0.388 e. The first kappa shape index (κ1) is 19.4. The molecule has 18 heavy (non-hydrogen) atoms. The van der Waals surface area contributed by atoms with Crippen LogP contribution in [-0.4, -0.2) is 7.05 Å². The van der Waals surface area contributed by atoms with E-state index in [0.717, 1.165) is 11.6 Å². The molecule has 0 radical (unpaired) electrons. The molecule has 0 atom stereocenters. The zero-order valence-electron chi connectivity index (χ0n) is 13.7. The van der Waals surface area contributed by atoms with Gasteiger partial charge in [-0.1, -0.05) is 59.8 Å². The Morgan fingerprint density at radius 1 is 1.22 bits per heavy atom. The Morgan fingerprint density at radius 3 is 2.06 bits per heavy atom. The number of nitrogens with one attached hydrogen (secondary N) is 1. The van der Waals surface area contributed by atoms with E-state index in [1.165, 1.54) is 12.0 Å². The topological polar surface area (TPSA) is 12.0 Å². The lowest BCUT2D eigenvalue weighted by atomic mass is 9.78. The number of hydrogen-bond acceptors (Lipinski definition) is 1. The van der Waals surface area contributed by atoms with Gasteiger partial charge in [0.15, 0.2) is 0 Å². The SMILES string of the molecule is C=C/C(=C\C=C(/C)C(C)(C)CC(C)C)NC.CC. The van der Waals surface area contributed by atoms with E-state index in [2.05, 4.69) is 58.7 Å². The molecule has 0 fully saturated rings. The van der Waals surface area contributed by atoms with E-state index in [0.29, 0.717) is 0 Å². The predicted molar refractivity (Wildman–Crippen MR) is 85.7 cm³/mol. The van der Waals surface area contributed by atoms with Crippen molar-refractivity contribution in [2.45, 2.75) is 54.9 Å². The van der Waals surface area contributed by atoms with Crippen molar-refractivity contribution < 1.29 is 0 Å². The van der Waals surface area contributed by atoms with Crippen LogP contribution in [0.1, 0.15) is 54.9 Å². The highest BCUT2D eigenvalue weighted by molar-refractivity contribution is 5.24. The van der Waals surface area contributed by atoms with Gasteiger partial charge in [-0.25, -0.2) is 0 Å². The smallest absolute Gasteiger partial charge is 0.0331 e. The van der Waals surface area contributed by atoms with Crippen LogP contribution < -0.4 is 5.32 Å². The molecule has 0 aromatic rings. The highest BCUT2D eigenvalue weighted by Gasteiger charge is 2.20. The van der Waals surface area contributed by atoms with Gasteiger partial charge in [0.2, 0.25) is 0 Å². The first-order valence-corrected chi connectivity index (χ1v) is 7.02. The van der Waals surface area contributed by atoms with Gasteiger partial charge < -0.3 is 5.32 Å². The summed E-state index contributed by atoms with van der Waals surface area (Å²) in [6, 6.07) is 0. The highest BCUT2D eigenvalue weighted by atomic mass is 14.8. The molecule has 0 heterocycles. The van der Waals surface area contributed by atoms with E-state index in [4.69, 9.17) is 0 Å². The average Bonchev–Trinajstić information content (AvgIpc) is 2.31. The van der Waals surface area contributed by atoms with Crippen molar-refractivity contribution in [1.29, 1.82) is 0 Å². The highest BCUT2D eigenvalue weighted by Crippen LogP contribution is 2.33. The van der Waals surface area contributed by atoms with E-state index < -0.39 is 0 Å². The molecule has 0 rings (SSSR count). The van der Waals surface area contributed by atoms with Crippen LogP contribution in [0.15, 0.2) is 36.1 Å². The summed E-state index contributed by atoms with van der Waals surface area (Å²) < 4.78 is 0. The van der Waals surface area contributed by atoms with Gasteiger partial charge in [-0.2, -0.15) is 0 Å². The lowest BCUT2D eigenvalue weighted by Crippen LogP contribution is -2.16. The fourth-order valence-electron chi connectivity index (χ4n) is 1.88. The van der Waals surface area contributed by atoms with Gasteiger partial charge in [-0.05, 0) is 36.8 Å². The van der Waals surface area contributed by atoms with Gasteiger partial charge in [0.05, 0.1) is 0 Å². The standard InChI is InChI=1S/C15H27N.C2H6/c1-8-14(16-7)10-9-13(4)15(5,6)11-12(2)3;1-2/h8-10,12,16H,1,11H2,2-7H3;1-2H3/b13-9+,14-10+;. The molecule has 0 unspecified atom stereocenters. The molecule has 0 aromatic carbocycles. The molecular formula is C17H33N. The molecule has 0 aliphatic carbocycles. The van der Waals surface area contributed by atoms with Crippen LogP contribution in [0.3, 0.4) is 0 Å². The summed E-state index contributed by atoms with van der Waals surface area (Å²) >= 11 is 0. The molecule has 1 N–H and O–H groups in total. The molecule has 0 amide bonds. The number of hydrogen-bond donors (Lipinski definition) is 1. The van der Waals surface area contributed by atoms with Crippen molar-refractivity contribution in [2.75, 3.05) is 7.05 Å². The van der Waals surface area contributed by atoms with E-state index in [9.17, 15) is 0 Å². The molecule has 0 saturated heterocycles. The first-order valence-electron chi connectivity index (χ1n) is 7.02. The second-order valence-electron chi connectivity index (χ2n) is 5.41. The summed E-state index contributed by atoms with van der Waals surface area (Å²) in [5, 5.41) is 3.10. The zero-order chi connectivity index (χ0) is 14.8. The first-order chi connectivity index (χ1) is 8.33. The fourth-order valence-corrected chi connectivity index (χ4v) is 1.88. The normalized spacial score (nSPS) is 12.9. The van der Waals surface area contributed by atoms with Crippen LogP contribution in [0.2, 0.25) is 0 Å². The van der Waals surface area contributed by atoms with Gasteiger partial charge >= 0.3 is 0 Å². The minimum absolute atomic E-state index is 0.269. The van der Waals surface area contributed by atoms with Gasteiger partial charge in [0, 0.05) is 12.7 Å². The van der Waals surface area contributed by atoms with Crippen LogP contribution in [0, 0.1) is 11.3 Å². The molecule has 0 bridgehead atoms. The number of allylic oxidation sites excluding steroid dienone is 4. The van der Waals surface area contributed by atoms with Crippen LogP contribution in [-0.2, 0) is 0 Å². The van der Waals surface area contributed by atoms with Crippen molar-refractivity contribution in [1.82, 2.24) is 5.32 Å². The minimum Gasteiger partial charge on any atom is -0.388 e. The molecule has 0 aromatic heterocycles. The zero-order valence-corrected chi connectivity index (χ0v) is 13.7. The van der Waals surface area contributed by atoms with E-state index in [-0.39, 0.29) is 5.41 Å².